The summed E-state index contributed by atoms with van der Waals surface area (Å²) in [5.41, 5.74) is 0.667. The van der Waals surface area contributed by atoms with Crippen molar-refractivity contribution in [2.75, 3.05) is 12.4 Å². The molecular formula is C7H6Cl3N. The Morgan fingerprint density at radius 1 is 1.09 bits per heavy atom. The van der Waals surface area contributed by atoms with Gasteiger partial charge in [-0.05, 0) is 12.1 Å². The van der Waals surface area contributed by atoms with Crippen molar-refractivity contribution in [3.63, 3.8) is 0 Å². The normalized spacial score (nSPS) is 9.82. The first-order valence-corrected chi connectivity index (χ1v) is 4.11. The first-order chi connectivity index (χ1) is 5.16. The van der Waals surface area contributed by atoms with Gasteiger partial charge in [0, 0.05) is 7.05 Å². The number of halogens is 3. The maximum absolute atomic E-state index is 5.82. The third kappa shape index (κ3) is 1.73. The van der Waals surface area contributed by atoms with Gasteiger partial charge in [-0.25, -0.2) is 0 Å². The highest BCUT2D eigenvalue weighted by Crippen LogP contribution is 2.35. The minimum absolute atomic E-state index is 0.460. The third-order valence-electron chi connectivity index (χ3n) is 1.29. The number of benzene rings is 1. The maximum atomic E-state index is 5.82. The maximum Gasteiger partial charge on any atom is 0.0838 e. The molecule has 1 nitrogen and oxygen atoms in total. The molecule has 4 heteroatoms. The molecule has 0 atom stereocenters. The summed E-state index contributed by atoms with van der Waals surface area (Å²) in [6, 6.07) is 3.36. The fraction of sp³-hybridized carbons (Fsp3) is 0.143. The van der Waals surface area contributed by atoms with Gasteiger partial charge in [0.05, 0.1) is 20.8 Å². The summed E-state index contributed by atoms with van der Waals surface area (Å²) < 4.78 is 0. The van der Waals surface area contributed by atoms with Crippen molar-refractivity contribution in [2.45, 2.75) is 0 Å². The van der Waals surface area contributed by atoms with Crippen LogP contribution in [0, 0.1) is 0 Å². The van der Waals surface area contributed by atoms with E-state index in [9.17, 15) is 0 Å². The van der Waals surface area contributed by atoms with Gasteiger partial charge in [-0.3, -0.25) is 0 Å². The largest absolute Gasteiger partial charge is 0.386 e. The van der Waals surface area contributed by atoms with Crippen molar-refractivity contribution in [1.29, 1.82) is 0 Å². The number of nitrogens with one attached hydrogen (secondary N) is 1. The van der Waals surface area contributed by atoms with Crippen LogP contribution in [0.2, 0.25) is 15.1 Å². The second-order valence-electron chi connectivity index (χ2n) is 1.97. The summed E-state index contributed by atoms with van der Waals surface area (Å²) in [5.74, 6) is 0. The number of anilines is 1. The minimum atomic E-state index is 0.460. The molecule has 1 rings (SSSR count). The predicted molar refractivity (Wildman–Crippen MR) is 51.0 cm³/mol. The summed E-state index contributed by atoms with van der Waals surface area (Å²) in [5, 5.41) is 4.39. The standard InChI is InChI=1S/C7H6Cl3N/c1-11-7-5(9)3-2-4(8)6(7)10/h2-3,11H,1H3. The first-order valence-electron chi connectivity index (χ1n) is 2.98. The van der Waals surface area contributed by atoms with E-state index in [-0.39, 0.29) is 0 Å². The molecule has 0 unspecified atom stereocenters. The molecule has 1 N–H and O–H groups in total. The van der Waals surface area contributed by atoms with Crippen molar-refractivity contribution in [3.05, 3.63) is 27.2 Å². The van der Waals surface area contributed by atoms with E-state index >= 15 is 0 Å². The highest BCUT2D eigenvalue weighted by atomic mass is 35.5. The van der Waals surface area contributed by atoms with Crippen LogP contribution in [0.4, 0.5) is 5.69 Å². The Labute approximate surface area is 80.3 Å². The van der Waals surface area contributed by atoms with Gasteiger partial charge in [0.1, 0.15) is 0 Å². The van der Waals surface area contributed by atoms with Crippen molar-refractivity contribution in [2.24, 2.45) is 0 Å². The lowest BCUT2D eigenvalue weighted by Crippen LogP contribution is -1.90. The summed E-state index contributed by atoms with van der Waals surface area (Å²) in [6.45, 7) is 0. The molecule has 0 heterocycles. The molecular weight excluding hydrogens is 204 g/mol. The highest BCUT2D eigenvalue weighted by molar-refractivity contribution is 6.46. The molecule has 0 spiro atoms. The van der Waals surface area contributed by atoms with Crippen LogP contribution in [-0.2, 0) is 0 Å². The molecule has 0 bridgehead atoms. The number of rotatable bonds is 1. The summed E-state index contributed by atoms with van der Waals surface area (Å²) in [4.78, 5) is 0. The molecule has 60 valence electrons. The Morgan fingerprint density at radius 3 is 2.09 bits per heavy atom. The summed E-state index contributed by atoms with van der Waals surface area (Å²) >= 11 is 17.3. The third-order valence-corrected chi connectivity index (χ3v) is 2.41. The molecule has 1 aromatic carbocycles. The van der Waals surface area contributed by atoms with Crippen molar-refractivity contribution >= 4 is 40.5 Å². The van der Waals surface area contributed by atoms with Crippen LogP contribution in [0.25, 0.3) is 0 Å². The zero-order valence-corrected chi connectivity index (χ0v) is 8.06. The topological polar surface area (TPSA) is 12.0 Å². The second-order valence-corrected chi connectivity index (χ2v) is 3.16. The Hall–Kier alpha value is -0.110. The minimum Gasteiger partial charge on any atom is -0.386 e. The molecule has 0 aliphatic heterocycles. The van der Waals surface area contributed by atoms with E-state index in [2.05, 4.69) is 5.32 Å². The van der Waals surface area contributed by atoms with E-state index in [0.717, 1.165) is 0 Å². The Balaban J connectivity index is 3.29. The van der Waals surface area contributed by atoms with Gasteiger partial charge >= 0.3 is 0 Å². The average Bonchev–Trinajstić information content (AvgIpc) is 1.99. The van der Waals surface area contributed by atoms with E-state index in [1.165, 1.54) is 0 Å². The zero-order valence-electron chi connectivity index (χ0n) is 5.79. The summed E-state index contributed by atoms with van der Waals surface area (Å²) in [7, 11) is 1.74. The van der Waals surface area contributed by atoms with Gasteiger partial charge in [-0.15, -0.1) is 0 Å². The van der Waals surface area contributed by atoms with Crippen LogP contribution in [0.1, 0.15) is 0 Å². The first kappa shape index (κ1) is 8.98. The van der Waals surface area contributed by atoms with Gasteiger partial charge in [0.2, 0.25) is 0 Å². The number of hydrogen-bond donors (Lipinski definition) is 1. The Kier molecular flexibility index (Phi) is 2.88. The lowest BCUT2D eigenvalue weighted by Gasteiger charge is -2.06. The zero-order chi connectivity index (χ0) is 8.43. The van der Waals surface area contributed by atoms with E-state index in [4.69, 9.17) is 34.8 Å². The molecule has 11 heavy (non-hydrogen) atoms. The quantitative estimate of drug-likeness (QED) is 0.697. The summed E-state index contributed by atoms with van der Waals surface area (Å²) in [6.07, 6.45) is 0. The van der Waals surface area contributed by atoms with Gasteiger partial charge in [0.15, 0.2) is 0 Å². The molecule has 0 saturated carbocycles. The lowest BCUT2D eigenvalue weighted by atomic mass is 10.3. The van der Waals surface area contributed by atoms with Crippen LogP contribution in [0.15, 0.2) is 12.1 Å². The number of hydrogen-bond acceptors (Lipinski definition) is 1. The lowest BCUT2D eigenvalue weighted by molar-refractivity contribution is 1.51. The van der Waals surface area contributed by atoms with E-state index in [0.29, 0.717) is 20.8 Å². The molecule has 0 radical (unpaired) electrons. The molecule has 0 fully saturated rings. The van der Waals surface area contributed by atoms with Gasteiger partial charge in [-0.1, -0.05) is 34.8 Å². The molecule has 1 aromatic rings. The van der Waals surface area contributed by atoms with Crippen LogP contribution in [0.5, 0.6) is 0 Å². The average molecular weight is 210 g/mol. The van der Waals surface area contributed by atoms with Gasteiger partial charge in [-0.2, -0.15) is 0 Å². The monoisotopic (exact) mass is 209 g/mol. The second kappa shape index (κ2) is 3.53. The Bertz CT molecular complexity index is 273. The van der Waals surface area contributed by atoms with Gasteiger partial charge in [0.25, 0.3) is 0 Å². The van der Waals surface area contributed by atoms with Crippen molar-refractivity contribution in [3.8, 4) is 0 Å². The van der Waals surface area contributed by atoms with E-state index < -0.39 is 0 Å². The predicted octanol–water partition coefficient (Wildman–Crippen LogP) is 3.69. The van der Waals surface area contributed by atoms with Crippen LogP contribution in [0.3, 0.4) is 0 Å². The van der Waals surface area contributed by atoms with E-state index in [1.807, 2.05) is 0 Å². The fourth-order valence-corrected chi connectivity index (χ4v) is 1.47. The van der Waals surface area contributed by atoms with Crippen molar-refractivity contribution < 1.29 is 0 Å². The van der Waals surface area contributed by atoms with Crippen molar-refractivity contribution in [1.82, 2.24) is 0 Å². The highest BCUT2D eigenvalue weighted by Gasteiger charge is 2.06. The SMILES string of the molecule is CNc1c(Cl)ccc(Cl)c1Cl. The van der Waals surface area contributed by atoms with Crippen LogP contribution < -0.4 is 5.32 Å². The Morgan fingerprint density at radius 2 is 1.64 bits per heavy atom. The molecule has 0 aliphatic carbocycles. The fourth-order valence-electron chi connectivity index (χ4n) is 0.756. The van der Waals surface area contributed by atoms with Crippen LogP contribution >= 0.6 is 34.8 Å². The molecule has 0 aromatic heterocycles. The van der Waals surface area contributed by atoms with Crippen LogP contribution in [-0.4, -0.2) is 7.05 Å². The molecule has 0 aliphatic rings. The smallest absolute Gasteiger partial charge is 0.0838 e. The molecule has 0 amide bonds. The molecule has 0 saturated heterocycles. The van der Waals surface area contributed by atoms with Gasteiger partial charge < -0.3 is 5.32 Å². The van der Waals surface area contributed by atoms with E-state index in [1.54, 1.807) is 19.2 Å².